The third-order valence-electron chi connectivity index (χ3n) is 6.40. The average Bonchev–Trinajstić information content (AvgIpc) is 3.10. The van der Waals surface area contributed by atoms with E-state index >= 15 is 0 Å². The van der Waals surface area contributed by atoms with Gasteiger partial charge in [0, 0.05) is 4.90 Å². The summed E-state index contributed by atoms with van der Waals surface area (Å²) in [5.41, 5.74) is 2.48. The summed E-state index contributed by atoms with van der Waals surface area (Å²) >= 11 is 0. The molecule has 164 valence electrons. The van der Waals surface area contributed by atoms with Gasteiger partial charge in [-0.15, -0.1) is 0 Å². The van der Waals surface area contributed by atoms with Crippen molar-refractivity contribution in [3.8, 4) is 0 Å². The van der Waals surface area contributed by atoms with Crippen molar-refractivity contribution in [2.45, 2.75) is 89.9 Å². The number of benzene rings is 1. The van der Waals surface area contributed by atoms with Crippen LogP contribution in [-0.2, 0) is 14.2 Å². The van der Waals surface area contributed by atoms with E-state index in [1.54, 1.807) is 0 Å². The molecule has 1 aromatic carbocycles. The fraction of sp³-hybridized carbons (Fsp3) is 0.667. The van der Waals surface area contributed by atoms with Gasteiger partial charge in [0.05, 0.1) is 28.1 Å². The van der Waals surface area contributed by atoms with Crippen LogP contribution >= 0.6 is 0 Å². The molecule has 0 bridgehead atoms. The minimum atomic E-state index is -2.52. The molecule has 0 spiro atoms. The molecule has 5 heteroatoms. The molecular weight excluding hydrogens is 394 g/mol. The van der Waals surface area contributed by atoms with Gasteiger partial charge in [-0.25, -0.2) is 8.57 Å². The first-order valence-electron chi connectivity index (χ1n) is 11.0. The molecule has 0 saturated carbocycles. The Labute approximate surface area is 180 Å². The zero-order chi connectivity index (χ0) is 21.9. The van der Waals surface area contributed by atoms with Gasteiger partial charge in [0.25, 0.3) is 0 Å². The minimum absolute atomic E-state index is 0.0695. The Morgan fingerprint density at radius 2 is 1.79 bits per heavy atom. The Balaban J connectivity index is 2.39. The average molecular weight is 436 g/mol. The van der Waals surface area contributed by atoms with Gasteiger partial charge in [0.2, 0.25) is 0 Å². The van der Waals surface area contributed by atoms with Crippen molar-refractivity contribution in [2.24, 2.45) is 10.3 Å². The third kappa shape index (κ3) is 6.53. The van der Waals surface area contributed by atoms with Gasteiger partial charge in [-0.1, -0.05) is 64.0 Å². The molecule has 2 rings (SSSR count). The lowest BCUT2D eigenvalue weighted by atomic mass is 10.1. The Kier molecular flexibility index (Phi) is 7.97. The van der Waals surface area contributed by atoms with Crippen molar-refractivity contribution in [1.29, 1.82) is 0 Å². The van der Waals surface area contributed by atoms with Gasteiger partial charge in [-0.3, -0.25) is 0 Å². The SMILES string of the molecule is Cc1ccc(S(=O)(CC2=CCCC2)=N[C@H](CO[Si](C)(C)C(C)(C)C)C(C)C)cc1. The van der Waals surface area contributed by atoms with E-state index in [1.165, 1.54) is 17.6 Å². The van der Waals surface area contributed by atoms with Crippen LogP contribution in [0.1, 0.15) is 59.4 Å². The molecule has 1 aliphatic carbocycles. The molecule has 1 aromatic rings. The van der Waals surface area contributed by atoms with E-state index in [2.05, 4.69) is 60.7 Å². The van der Waals surface area contributed by atoms with Crippen molar-refractivity contribution in [2.75, 3.05) is 12.4 Å². The number of rotatable bonds is 8. The molecule has 0 radical (unpaired) electrons. The van der Waals surface area contributed by atoms with Crippen LogP contribution in [0.5, 0.6) is 0 Å². The summed E-state index contributed by atoms with van der Waals surface area (Å²) in [6.45, 7) is 18.2. The summed E-state index contributed by atoms with van der Waals surface area (Å²) in [6, 6.07) is 8.03. The molecule has 2 atom stereocenters. The van der Waals surface area contributed by atoms with E-state index in [0.29, 0.717) is 12.4 Å². The molecule has 1 aliphatic rings. The van der Waals surface area contributed by atoms with E-state index in [0.717, 1.165) is 17.7 Å². The summed E-state index contributed by atoms with van der Waals surface area (Å²) < 4.78 is 25.8. The van der Waals surface area contributed by atoms with Crippen molar-refractivity contribution >= 4 is 18.0 Å². The first-order chi connectivity index (χ1) is 13.3. The first-order valence-corrected chi connectivity index (χ1v) is 15.6. The molecule has 0 N–H and O–H groups in total. The fourth-order valence-corrected chi connectivity index (χ4v) is 6.58. The lowest BCUT2D eigenvalue weighted by Crippen LogP contribution is -2.43. The first kappa shape index (κ1) is 24.4. The van der Waals surface area contributed by atoms with Crippen LogP contribution < -0.4 is 0 Å². The molecule has 0 aliphatic heterocycles. The van der Waals surface area contributed by atoms with E-state index in [9.17, 15) is 4.21 Å². The largest absolute Gasteiger partial charge is 0.415 e. The maximum absolute atomic E-state index is 14.2. The van der Waals surface area contributed by atoms with E-state index in [1.807, 2.05) is 24.3 Å². The lowest BCUT2D eigenvalue weighted by Gasteiger charge is -2.37. The molecule has 0 amide bonds. The summed E-state index contributed by atoms with van der Waals surface area (Å²) in [5, 5.41) is 0.154. The monoisotopic (exact) mass is 435 g/mol. The molecule has 29 heavy (non-hydrogen) atoms. The second-order valence-electron chi connectivity index (χ2n) is 10.3. The van der Waals surface area contributed by atoms with Gasteiger partial charge in [-0.05, 0) is 62.4 Å². The van der Waals surface area contributed by atoms with Crippen LogP contribution in [0.15, 0.2) is 45.2 Å². The lowest BCUT2D eigenvalue weighted by molar-refractivity contribution is 0.240. The van der Waals surface area contributed by atoms with Gasteiger partial charge in [-0.2, -0.15) is 0 Å². The van der Waals surface area contributed by atoms with Crippen LogP contribution in [-0.4, -0.2) is 30.9 Å². The Morgan fingerprint density at radius 3 is 2.28 bits per heavy atom. The highest BCUT2D eigenvalue weighted by Gasteiger charge is 2.38. The van der Waals surface area contributed by atoms with Crippen LogP contribution in [0, 0.1) is 12.8 Å². The normalized spacial score (nSPS) is 18.4. The predicted molar refractivity (Wildman–Crippen MR) is 129 cm³/mol. The summed E-state index contributed by atoms with van der Waals surface area (Å²) in [5.74, 6) is 0.836. The van der Waals surface area contributed by atoms with E-state index in [-0.39, 0.29) is 17.0 Å². The molecule has 1 unspecified atom stereocenters. The van der Waals surface area contributed by atoms with Crippen molar-refractivity contribution in [3.05, 3.63) is 41.5 Å². The summed E-state index contributed by atoms with van der Waals surface area (Å²) in [7, 11) is -4.40. The number of allylic oxidation sites excluding steroid dienone is 1. The molecular formula is C24H41NO2SSi. The predicted octanol–water partition coefficient (Wildman–Crippen LogP) is 6.98. The van der Waals surface area contributed by atoms with Gasteiger partial charge in [0.1, 0.15) is 0 Å². The fourth-order valence-electron chi connectivity index (χ4n) is 3.13. The maximum atomic E-state index is 14.2. The van der Waals surface area contributed by atoms with Crippen LogP contribution in [0.4, 0.5) is 0 Å². The molecule has 0 fully saturated rings. The number of hydrogen-bond donors (Lipinski definition) is 0. The van der Waals surface area contributed by atoms with Crippen molar-refractivity contribution in [1.82, 2.24) is 0 Å². The van der Waals surface area contributed by atoms with Gasteiger partial charge in [0.15, 0.2) is 8.32 Å². The molecule has 0 heterocycles. The van der Waals surface area contributed by atoms with E-state index < -0.39 is 18.0 Å². The smallest absolute Gasteiger partial charge is 0.192 e. The standard InChI is InChI=1S/C24H41NO2SSi/c1-19(2)23(17-27-29(7,8)24(4,5)6)25-28(26,18-21-11-9-10-12-21)22-15-13-20(3)14-16-22/h11,13-16,19,23H,9-10,12,17-18H2,1-8H3/t23-,28?/m1/s1. The van der Waals surface area contributed by atoms with E-state index in [4.69, 9.17) is 8.79 Å². The summed E-state index contributed by atoms with van der Waals surface area (Å²) in [4.78, 5) is 0.855. The molecule has 3 nitrogen and oxygen atoms in total. The Morgan fingerprint density at radius 1 is 1.17 bits per heavy atom. The summed E-state index contributed by atoms with van der Waals surface area (Å²) in [6.07, 6.45) is 5.58. The zero-order valence-corrected chi connectivity index (χ0v) is 21.6. The second-order valence-corrected chi connectivity index (χ2v) is 17.4. The van der Waals surface area contributed by atoms with Crippen LogP contribution in [0.3, 0.4) is 0 Å². The third-order valence-corrected chi connectivity index (χ3v) is 13.3. The topological polar surface area (TPSA) is 38.7 Å². The molecule has 0 aromatic heterocycles. The quantitative estimate of drug-likeness (QED) is 0.326. The highest BCUT2D eigenvalue weighted by molar-refractivity contribution is 7.93. The van der Waals surface area contributed by atoms with Gasteiger partial charge >= 0.3 is 0 Å². The minimum Gasteiger partial charge on any atom is -0.415 e. The zero-order valence-electron chi connectivity index (χ0n) is 19.7. The Bertz CT molecular complexity index is 825. The van der Waals surface area contributed by atoms with Gasteiger partial charge < -0.3 is 4.43 Å². The number of nitrogens with zero attached hydrogens (tertiary/aromatic N) is 1. The number of hydrogen-bond acceptors (Lipinski definition) is 3. The highest BCUT2D eigenvalue weighted by Crippen LogP contribution is 2.37. The highest BCUT2D eigenvalue weighted by atomic mass is 32.2. The van der Waals surface area contributed by atoms with Crippen LogP contribution in [0.25, 0.3) is 0 Å². The second kappa shape index (κ2) is 9.48. The Hall–Kier alpha value is -0.913. The number of aryl methyl sites for hydroxylation is 1. The van der Waals surface area contributed by atoms with Crippen LogP contribution in [0.2, 0.25) is 18.1 Å². The molecule has 0 saturated heterocycles. The van der Waals surface area contributed by atoms with Crippen molar-refractivity contribution < 1.29 is 8.63 Å². The van der Waals surface area contributed by atoms with Crippen molar-refractivity contribution in [3.63, 3.8) is 0 Å². The maximum Gasteiger partial charge on any atom is 0.192 e.